The molecule has 5 rings (SSSR count). The van der Waals surface area contributed by atoms with Gasteiger partial charge in [-0.2, -0.15) is 0 Å². The van der Waals surface area contributed by atoms with Crippen LogP contribution in [0.4, 0.5) is 11.4 Å². The number of para-hydroxylation sites is 2. The van der Waals surface area contributed by atoms with Gasteiger partial charge < -0.3 is 9.80 Å². The van der Waals surface area contributed by atoms with Gasteiger partial charge in [0.15, 0.2) is 0 Å². The van der Waals surface area contributed by atoms with Gasteiger partial charge in [0, 0.05) is 33.0 Å². The van der Waals surface area contributed by atoms with Crippen LogP contribution in [0.2, 0.25) is 15.1 Å². The summed E-state index contributed by atoms with van der Waals surface area (Å²) >= 11 is 18.6. The largest absolute Gasteiger partial charge is 0.305 e. The van der Waals surface area contributed by atoms with Crippen molar-refractivity contribution in [1.29, 1.82) is 0 Å². The molecule has 0 bridgehead atoms. The molecule has 0 saturated heterocycles. The van der Waals surface area contributed by atoms with Gasteiger partial charge in [0.25, 0.3) is 11.8 Å². The fourth-order valence-electron chi connectivity index (χ4n) is 4.89. The molecular formula is C30H23Cl3N2O2. The van der Waals surface area contributed by atoms with Crippen LogP contribution in [0.25, 0.3) is 0 Å². The van der Waals surface area contributed by atoms with Gasteiger partial charge >= 0.3 is 0 Å². The first-order valence-corrected chi connectivity index (χ1v) is 13.0. The molecule has 4 nitrogen and oxygen atoms in total. The molecule has 186 valence electrons. The first kappa shape index (κ1) is 25.3. The molecule has 0 spiro atoms. The topological polar surface area (TPSA) is 40.6 Å². The van der Waals surface area contributed by atoms with Crippen molar-refractivity contribution in [3.8, 4) is 0 Å². The third-order valence-electron chi connectivity index (χ3n) is 6.60. The molecule has 1 heterocycles. The van der Waals surface area contributed by atoms with E-state index in [4.69, 9.17) is 34.8 Å². The van der Waals surface area contributed by atoms with Crippen LogP contribution in [0, 0.1) is 0 Å². The molecule has 1 aliphatic heterocycles. The Hall–Kier alpha value is -3.31. The van der Waals surface area contributed by atoms with Crippen molar-refractivity contribution in [2.45, 2.75) is 25.4 Å². The van der Waals surface area contributed by atoms with E-state index in [2.05, 4.69) is 0 Å². The highest BCUT2D eigenvalue weighted by Crippen LogP contribution is 2.43. The molecular weight excluding hydrogens is 527 g/mol. The van der Waals surface area contributed by atoms with Gasteiger partial charge in [-0.15, -0.1) is 0 Å². The number of anilines is 2. The Balaban J connectivity index is 1.61. The third kappa shape index (κ3) is 4.97. The third-order valence-corrected chi connectivity index (χ3v) is 7.40. The van der Waals surface area contributed by atoms with Crippen molar-refractivity contribution in [2.75, 3.05) is 9.80 Å². The summed E-state index contributed by atoms with van der Waals surface area (Å²) in [4.78, 5) is 31.3. The van der Waals surface area contributed by atoms with Crippen molar-refractivity contribution in [3.05, 3.63) is 129 Å². The molecule has 0 N–H and O–H groups in total. The van der Waals surface area contributed by atoms with E-state index in [-0.39, 0.29) is 28.9 Å². The summed E-state index contributed by atoms with van der Waals surface area (Å²) in [5, 5.41) is 1.32. The summed E-state index contributed by atoms with van der Waals surface area (Å²) in [6, 6.07) is 28.5. The Morgan fingerprint density at radius 2 is 1.46 bits per heavy atom. The first-order chi connectivity index (χ1) is 17.8. The zero-order valence-electron chi connectivity index (χ0n) is 19.9. The lowest BCUT2D eigenvalue weighted by Gasteiger charge is -2.43. The molecule has 0 radical (unpaired) electrons. The van der Waals surface area contributed by atoms with Crippen molar-refractivity contribution < 1.29 is 9.59 Å². The van der Waals surface area contributed by atoms with E-state index in [9.17, 15) is 9.59 Å². The number of rotatable bonds is 4. The Morgan fingerprint density at radius 3 is 2.16 bits per heavy atom. The van der Waals surface area contributed by atoms with Crippen LogP contribution in [0.1, 0.15) is 45.7 Å². The van der Waals surface area contributed by atoms with E-state index < -0.39 is 0 Å². The van der Waals surface area contributed by atoms with Gasteiger partial charge in [-0.3, -0.25) is 9.59 Å². The fraction of sp³-hybridized carbons (Fsp3) is 0.133. The lowest BCUT2D eigenvalue weighted by Crippen LogP contribution is -2.47. The van der Waals surface area contributed by atoms with Crippen LogP contribution in [-0.2, 0) is 0 Å². The quantitative estimate of drug-likeness (QED) is 0.256. The number of halogens is 3. The minimum Gasteiger partial charge on any atom is -0.305 e. The van der Waals surface area contributed by atoms with Gasteiger partial charge in [-0.05, 0) is 79.6 Å². The van der Waals surface area contributed by atoms with Crippen LogP contribution in [0.5, 0.6) is 0 Å². The minimum atomic E-state index is -0.331. The smallest absolute Gasteiger partial charge is 0.260 e. The zero-order chi connectivity index (χ0) is 26.1. The van der Waals surface area contributed by atoms with E-state index in [1.807, 2.05) is 61.5 Å². The van der Waals surface area contributed by atoms with Gasteiger partial charge in [0.2, 0.25) is 0 Å². The average molecular weight is 550 g/mol. The van der Waals surface area contributed by atoms with Crippen LogP contribution >= 0.6 is 34.8 Å². The monoisotopic (exact) mass is 548 g/mol. The molecule has 4 aromatic carbocycles. The summed E-state index contributed by atoms with van der Waals surface area (Å²) in [5.41, 5.74) is 3.29. The number of hydrogen-bond donors (Lipinski definition) is 0. The Morgan fingerprint density at radius 1 is 0.811 bits per heavy atom. The van der Waals surface area contributed by atoms with E-state index in [1.54, 1.807) is 52.3 Å². The van der Waals surface area contributed by atoms with Gasteiger partial charge in [0.05, 0.1) is 16.6 Å². The standard InChI is InChI=1S/C30H23Cl3N2O2/c1-19-17-28(25-9-5-6-10-27(25)34(19)29(36)20-11-13-21(31)14-12-20)35(23-7-3-2-4-8-23)30(37)24-16-15-22(32)18-26(24)33/h2-16,18-19,28H,17H2,1H3/t19-,28+/m0/s1. The highest BCUT2D eigenvalue weighted by atomic mass is 35.5. The van der Waals surface area contributed by atoms with E-state index in [1.165, 1.54) is 0 Å². The zero-order valence-corrected chi connectivity index (χ0v) is 22.2. The molecule has 4 aromatic rings. The second-order valence-corrected chi connectivity index (χ2v) is 10.3. The molecule has 37 heavy (non-hydrogen) atoms. The molecule has 2 atom stereocenters. The lowest BCUT2D eigenvalue weighted by molar-refractivity contribution is 0.0965. The van der Waals surface area contributed by atoms with E-state index in [0.29, 0.717) is 27.6 Å². The molecule has 2 amide bonds. The van der Waals surface area contributed by atoms with Gasteiger partial charge in [-0.25, -0.2) is 0 Å². The fourth-order valence-corrected chi connectivity index (χ4v) is 5.50. The molecule has 0 saturated carbocycles. The summed E-state index contributed by atoms with van der Waals surface area (Å²) in [7, 11) is 0. The number of amides is 2. The van der Waals surface area contributed by atoms with Crippen molar-refractivity contribution >= 4 is 58.0 Å². The van der Waals surface area contributed by atoms with Crippen LogP contribution in [-0.4, -0.2) is 17.9 Å². The van der Waals surface area contributed by atoms with Crippen molar-refractivity contribution in [3.63, 3.8) is 0 Å². The number of nitrogens with zero attached hydrogens (tertiary/aromatic N) is 2. The first-order valence-electron chi connectivity index (χ1n) is 11.9. The highest BCUT2D eigenvalue weighted by Gasteiger charge is 2.39. The second kappa shape index (κ2) is 10.6. The SMILES string of the molecule is C[C@H]1C[C@@H](N(C(=O)c2ccc(Cl)cc2Cl)c2ccccc2)c2ccccc2N1C(=O)c1ccc(Cl)cc1. The summed E-state index contributed by atoms with van der Waals surface area (Å²) in [5.74, 6) is -0.356. The summed E-state index contributed by atoms with van der Waals surface area (Å²) in [6.45, 7) is 2.00. The van der Waals surface area contributed by atoms with Crippen molar-refractivity contribution in [2.24, 2.45) is 0 Å². The maximum absolute atomic E-state index is 14.1. The molecule has 0 unspecified atom stereocenters. The maximum atomic E-state index is 14.1. The van der Waals surface area contributed by atoms with E-state index >= 15 is 0 Å². The average Bonchev–Trinajstić information content (AvgIpc) is 2.89. The number of fused-ring (bicyclic) bond motifs is 1. The van der Waals surface area contributed by atoms with Crippen LogP contribution < -0.4 is 9.80 Å². The highest BCUT2D eigenvalue weighted by molar-refractivity contribution is 6.37. The molecule has 0 aromatic heterocycles. The van der Waals surface area contributed by atoms with Crippen LogP contribution in [0.15, 0.2) is 97.1 Å². The Bertz CT molecular complexity index is 1460. The molecule has 0 aliphatic carbocycles. The lowest BCUT2D eigenvalue weighted by atomic mass is 9.89. The molecule has 1 aliphatic rings. The summed E-state index contributed by atoms with van der Waals surface area (Å²) < 4.78 is 0. The minimum absolute atomic E-state index is 0.117. The van der Waals surface area contributed by atoms with Gasteiger partial charge in [-0.1, -0.05) is 71.2 Å². The van der Waals surface area contributed by atoms with Crippen LogP contribution in [0.3, 0.4) is 0 Å². The molecule has 7 heteroatoms. The Labute approximate surface area is 231 Å². The maximum Gasteiger partial charge on any atom is 0.260 e. The van der Waals surface area contributed by atoms with Crippen molar-refractivity contribution in [1.82, 2.24) is 0 Å². The number of benzene rings is 4. The normalized spacial score (nSPS) is 16.7. The Kier molecular flexibility index (Phi) is 7.25. The number of carbonyl (C=O) groups is 2. The predicted octanol–water partition coefficient (Wildman–Crippen LogP) is 8.47. The van der Waals surface area contributed by atoms with E-state index in [0.717, 1.165) is 16.9 Å². The molecule has 0 fully saturated rings. The summed E-state index contributed by atoms with van der Waals surface area (Å²) in [6.07, 6.45) is 0.530. The number of carbonyl (C=O) groups excluding carboxylic acids is 2. The second-order valence-electron chi connectivity index (χ2n) is 8.98. The number of hydrogen-bond acceptors (Lipinski definition) is 2. The van der Waals surface area contributed by atoms with Gasteiger partial charge in [0.1, 0.15) is 0 Å². The predicted molar refractivity (Wildman–Crippen MR) is 151 cm³/mol.